The van der Waals surface area contributed by atoms with Crippen molar-refractivity contribution in [1.82, 2.24) is 4.90 Å². The van der Waals surface area contributed by atoms with Crippen LogP contribution in [0, 0.1) is 0 Å². The summed E-state index contributed by atoms with van der Waals surface area (Å²) in [7, 11) is 0. The number of rotatable bonds is 5. The number of nitrogens with zero attached hydrogens (tertiary/aromatic N) is 2. The van der Waals surface area contributed by atoms with Gasteiger partial charge in [-0.1, -0.05) is 19.1 Å². The predicted molar refractivity (Wildman–Crippen MR) is 75.2 cm³/mol. The summed E-state index contributed by atoms with van der Waals surface area (Å²) in [5, 5.41) is 0. The van der Waals surface area contributed by atoms with E-state index in [1.807, 2.05) is 0 Å². The molecule has 0 aromatic heterocycles. The molecule has 0 amide bonds. The minimum absolute atomic E-state index is 0.518. The van der Waals surface area contributed by atoms with Crippen molar-refractivity contribution in [2.45, 2.75) is 19.8 Å². The Morgan fingerprint density at radius 1 is 1.11 bits per heavy atom. The quantitative estimate of drug-likeness (QED) is 0.742. The van der Waals surface area contributed by atoms with Crippen LogP contribution in [0.15, 0.2) is 24.3 Å². The van der Waals surface area contributed by atoms with Crippen molar-refractivity contribution in [3.05, 3.63) is 29.8 Å². The Balaban J connectivity index is 1.90. The maximum absolute atomic E-state index is 10.4. The SMILES string of the molecule is CCCN1CCN(c2ccc(CC=O)cc2)CC1. The Morgan fingerprint density at radius 3 is 2.33 bits per heavy atom. The average Bonchev–Trinajstić information content (AvgIpc) is 2.41. The number of carbonyl (C=O) groups is 1. The number of piperazine rings is 1. The van der Waals surface area contributed by atoms with Gasteiger partial charge in [0.05, 0.1) is 0 Å². The monoisotopic (exact) mass is 246 g/mol. The lowest BCUT2D eigenvalue weighted by Crippen LogP contribution is -2.46. The van der Waals surface area contributed by atoms with E-state index in [-0.39, 0.29) is 0 Å². The number of hydrogen-bond acceptors (Lipinski definition) is 3. The molecule has 3 nitrogen and oxygen atoms in total. The van der Waals surface area contributed by atoms with E-state index in [1.165, 1.54) is 18.7 Å². The molecular formula is C15H22N2O. The third-order valence-electron chi connectivity index (χ3n) is 3.53. The summed E-state index contributed by atoms with van der Waals surface area (Å²) in [6.45, 7) is 7.97. The van der Waals surface area contributed by atoms with E-state index >= 15 is 0 Å². The largest absolute Gasteiger partial charge is 0.369 e. The smallest absolute Gasteiger partial charge is 0.124 e. The first-order valence-electron chi connectivity index (χ1n) is 6.83. The highest BCUT2D eigenvalue weighted by Crippen LogP contribution is 2.17. The summed E-state index contributed by atoms with van der Waals surface area (Å²) in [5.41, 5.74) is 2.37. The summed E-state index contributed by atoms with van der Waals surface area (Å²) in [6, 6.07) is 8.38. The summed E-state index contributed by atoms with van der Waals surface area (Å²) in [6.07, 6.45) is 2.71. The van der Waals surface area contributed by atoms with Crippen LogP contribution < -0.4 is 4.90 Å². The van der Waals surface area contributed by atoms with E-state index in [0.717, 1.165) is 38.0 Å². The third kappa shape index (κ3) is 3.33. The van der Waals surface area contributed by atoms with Crippen LogP contribution in [-0.2, 0) is 11.2 Å². The first-order valence-corrected chi connectivity index (χ1v) is 6.83. The van der Waals surface area contributed by atoms with Crippen molar-refractivity contribution < 1.29 is 4.79 Å². The highest BCUT2D eigenvalue weighted by molar-refractivity contribution is 5.57. The van der Waals surface area contributed by atoms with Crippen LogP contribution in [0.5, 0.6) is 0 Å². The van der Waals surface area contributed by atoms with Crippen LogP contribution in [0.1, 0.15) is 18.9 Å². The minimum atomic E-state index is 0.518. The van der Waals surface area contributed by atoms with Gasteiger partial charge in [0, 0.05) is 38.3 Å². The van der Waals surface area contributed by atoms with Crippen molar-refractivity contribution in [3.8, 4) is 0 Å². The normalized spacial score (nSPS) is 16.8. The first-order chi connectivity index (χ1) is 8.83. The molecule has 1 aliphatic heterocycles. The highest BCUT2D eigenvalue weighted by Gasteiger charge is 2.15. The van der Waals surface area contributed by atoms with Gasteiger partial charge >= 0.3 is 0 Å². The Morgan fingerprint density at radius 2 is 1.78 bits per heavy atom. The van der Waals surface area contributed by atoms with Gasteiger partial charge in [0.15, 0.2) is 0 Å². The summed E-state index contributed by atoms with van der Waals surface area (Å²) in [4.78, 5) is 15.4. The fourth-order valence-corrected chi connectivity index (χ4v) is 2.48. The lowest BCUT2D eigenvalue weighted by molar-refractivity contribution is -0.107. The van der Waals surface area contributed by atoms with Crippen LogP contribution in [0.2, 0.25) is 0 Å². The van der Waals surface area contributed by atoms with E-state index < -0.39 is 0 Å². The average molecular weight is 246 g/mol. The number of carbonyl (C=O) groups excluding carboxylic acids is 1. The molecule has 1 aliphatic rings. The van der Waals surface area contributed by atoms with Crippen LogP contribution >= 0.6 is 0 Å². The zero-order valence-corrected chi connectivity index (χ0v) is 11.1. The van der Waals surface area contributed by atoms with Crippen LogP contribution in [0.3, 0.4) is 0 Å². The molecule has 2 rings (SSSR count). The Kier molecular flexibility index (Phi) is 4.76. The van der Waals surface area contributed by atoms with Gasteiger partial charge < -0.3 is 9.69 Å². The molecule has 0 aliphatic carbocycles. The number of anilines is 1. The topological polar surface area (TPSA) is 23.6 Å². The minimum Gasteiger partial charge on any atom is -0.369 e. The van der Waals surface area contributed by atoms with Crippen molar-refractivity contribution in [3.63, 3.8) is 0 Å². The maximum Gasteiger partial charge on any atom is 0.124 e. The van der Waals surface area contributed by atoms with Gasteiger partial charge in [-0.3, -0.25) is 4.90 Å². The zero-order valence-electron chi connectivity index (χ0n) is 11.1. The third-order valence-corrected chi connectivity index (χ3v) is 3.53. The summed E-state index contributed by atoms with van der Waals surface area (Å²) < 4.78 is 0. The fourth-order valence-electron chi connectivity index (χ4n) is 2.48. The molecule has 3 heteroatoms. The van der Waals surface area contributed by atoms with Crippen LogP contribution in [0.25, 0.3) is 0 Å². The zero-order chi connectivity index (χ0) is 12.8. The van der Waals surface area contributed by atoms with Crippen LogP contribution in [0.4, 0.5) is 5.69 Å². The molecule has 0 atom stereocenters. The van der Waals surface area contributed by atoms with Crippen molar-refractivity contribution >= 4 is 12.0 Å². The molecule has 1 aromatic carbocycles. The number of benzene rings is 1. The summed E-state index contributed by atoms with van der Waals surface area (Å²) in [5.74, 6) is 0. The Labute approximate surface area is 109 Å². The predicted octanol–water partition coefficient (Wildman–Crippen LogP) is 1.96. The molecule has 0 unspecified atom stereocenters. The van der Waals surface area contributed by atoms with Gasteiger partial charge in [0.2, 0.25) is 0 Å². The molecule has 0 bridgehead atoms. The van der Waals surface area contributed by atoms with Crippen molar-refractivity contribution in [2.75, 3.05) is 37.6 Å². The molecule has 1 saturated heterocycles. The first kappa shape index (κ1) is 13.1. The molecule has 1 aromatic rings. The number of hydrogen-bond donors (Lipinski definition) is 0. The van der Waals surface area contributed by atoms with Gasteiger partial charge in [-0.2, -0.15) is 0 Å². The number of aldehydes is 1. The second-order valence-electron chi connectivity index (χ2n) is 4.87. The molecule has 98 valence electrons. The van der Waals surface area contributed by atoms with Crippen molar-refractivity contribution in [1.29, 1.82) is 0 Å². The van der Waals surface area contributed by atoms with E-state index in [2.05, 4.69) is 41.0 Å². The molecule has 0 radical (unpaired) electrons. The molecule has 1 heterocycles. The molecule has 0 spiro atoms. The van der Waals surface area contributed by atoms with Gasteiger partial charge in [-0.15, -0.1) is 0 Å². The van der Waals surface area contributed by atoms with E-state index in [9.17, 15) is 4.79 Å². The second-order valence-corrected chi connectivity index (χ2v) is 4.87. The van der Waals surface area contributed by atoms with Gasteiger partial charge in [-0.05, 0) is 30.7 Å². The lowest BCUT2D eigenvalue weighted by atomic mass is 10.1. The Bertz CT molecular complexity index is 367. The maximum atomic E-state index is 10.4. The standard InChI is InChI=1S/C15H22N2O/c1-2-8-16-9-11-17(12-10-16)15-5-3-14(4-6-15)7-13-18/h3-6,13H,2,7-12H2,1H3. The fraction of sp³-hybridized carbons (Fsp3) is 0.533. The van der Waals surface area contributed by atoms with Gasteiger partial charge in [0.25, 0.3) is 0 Å². The highest BCUT2D eigenvalue weighted by atomic mass is 16.1. The molecule has 1 fully saturated rings. The molecule has 0 saturated carbocycles. The van der Waals surface area contributed by atoms with E-state index in [0.29, 0.717) is 6.42 Å². The van der Waals surface area contributed by atoms with E-state index in [4.69, 9.17) is 0 Å². The molecule has 0 N–H and O–H groups in total. The molecular weight excluding hydrogens is 224 g/mol. The van der Waals surface area contributed by atoms with Gasteiger partial charge in [0.1, 0.15) is 6.29 Å². The second kappa shape index (κ2) is 6.55. The van der Waals surface area contributed by atoms with Gasteiger partial charge in [-0.25, -0.2) is 0 Å². The van der Waals surface area contributed by atoms with Crippen molar-refractivity contribution in [2.24, 2.45) is 0 Å². The van der Waals surface area contributed by atoms with E-state index in [1.54, 1.807) is 0 Å². The summed E-state index contributed by atoms with van der Waals surface area (Å²) >= 11 is 0. The van der Waals surface area contributed by atoms with Crippen LogP contribution in [-0.4, -0.2) is 43.9 Å². The Hall–Kier alpha value is -1.35. The lowest BCUT2D eigenvalue weighted by Gasteiger charge is -2.36. The molecule has 18 heavy (non-hydrogen) atoms.